The Morgan fingerprint density at radius 2 is 1.78 bits per heavy atom. The van der Waals surface area contributed by atoms with Crippen LogP contribution in [-0.4, -0.2) is 67.9 Å². The molecule has 1 atom stereocenters. The van der Waals surface area contributed by atoms with Crippen LogP contribution in [0.3, 0.4) is 0 Å². The quantitative estimate of drug-likeness (QED) is 0.355. The molecule has 3 aromatic rings. The van der Waals surface area contributed by atoms with Crippen LogP contribution in [0.4, 0.5) is 10.1 Å². The van der Waals surface area contributed by atoms with Gasteiger partial charge in [0.1, 0.15) is 5.82 Å². The van der Waals surface area contributed by atoms with Crippen molar-refractivity contribution in [1.29, 1.82) is 0 Å². The lowest BCUT2D eigenvalue weighted by molar-refractivity contribution is 0.0164. The number of carbonyl (C=O) groups excluding carboxylic acids is 1. The molecule has 0 spiro atoms. The van der Waals surface area contributed by atoms with Crippen molar-refractivity contribution in [1.82, 2.24) is 15.2 Å². The first kappa shape index (κ1) is 31.5. The van der Waals surface area contributed by atoms with Crippen molar-refractivity contribution >= 4 is 11.6 Å². The van der Waals surface area contributed by atoms with Crippen molar-refractivity contribution in [3.05, 3.63) is 85.6 Å². The molecule has 2 fully saturated rings. The number of nitrogens with zero attached hydrogens (tertiary/aromatic N) is 2. The molecule has 2 saturated heterocycles. The number of rotatable bonds is 8. The number of ether oxygens (including phenoxy) is 2. The van der Waals surface area contributed by atoms with Gasteiger partial charge in [-0.15, -0.1) is 0 Å². The number of hydrogen-bond donors (Lipinski definition) is 2. The zero-order valence-electron chi connectivity index (χ0n) is 26.9. The average Bonchev–Trinajstić information content (AvgIpc) is 3.46. The lowest BCUT2D eigenvalue weighted by Gasteiger charge is -2.37. The Hall–Kier alpha value is -3.53. The summed E-state index contributed by atoms with van der Waals surface area (Å²) in [7, 11) is 0. The minimum absolute atomic E-state index is 0.0119. The average molecular weight is 617 g/mol. The first-order valence-corrected chi connectivity index (χ1v) is 16.4. The zero-order chi connectivity index (χ0) is 31.7. The van der Waals surface area contributed by atoms with Crippen LogP contribution < -0.4 is 15.8 Å². The second kappa shape index (κ2) is 13.4. The van der Waals surface area contributed by atoms with E-state index in [1.807, 2.05) is 39.0 Å². The van der Waals surface area contributed by atoms with Crippen molar-refractivity contribution < 1.29 is 18.7 Å². The van der Waals surface area contributed by atoms with Crippen molar-refractivity contribution in [2.24, 2.45) is 0 Å². The number of fused-ring (bicyclic) bond motifs is 1. The molecule has 3 aliphatic rings. The van der Waals surface area contributed by atoms with E-state index in [1.54, 1.807) is 0 Å². The molecule has 0 saturated carbocycles. The number of anilines is 1. The molecule has 1 unspecified atom stereocenters. The molecule has 6 rings (SSSR count). The number of aromatic nitrogens is 1. The molecule has 0 bridgehead atoms. The third kappa shape index (κ3) is 6.30. The Labute approximate surface area is 264 Å². The SMILES string of the molecule is CCN(c1cc(-c2ccc3c(c2)CCC3N2CCOCC2)c(F)c(C(=O)NCc2c(C)cc(C)[nH]c2=O)c1C)C1CCOCC1. The molecular formula is C36H45FN4O4. The molecule has 8 nitrogen and oxygen atoms in total. The van der Waals surface area contributed by atoms with E-state index in [1.165, 1.54) is 11.1 Å². The summed E-state index contributed by atoms with van der Waals surface area (Å²) >= 11 is 0. The van der Waals surface area contributed by atoms with Crippen LogP contribution in [-0.2, 0) is 22.4 Å². The van der Waals surface area contributed by atoms with Gasteiger partial charge in [-0.05, 0) is 93.3 Å². The molecule has 3 heterocycles. The Kier molecular flexibility index (Phi) is 9.40. The number of carbonyl (C=O) groups is 1. The highest BCUT2D eigenvalue weighted by Gasteiger charge is 2.31. The van der Waals surface area contributed by atoms with Crippen LogP contribution in [0.15, 0.2) is 35.1 Å². The summed E-state index contributed by atoms with van der Waals surface area (Å²) in [6.07, 6.45) is 3.73. The number of H-pyrrole nitrogens is 1. The minimum atomic E-state index is -0.533. The minimum Gasteiger partial charge on any atom is -0.381 e. The Morgan fingerprint density at radius 1 is 1.04 bits per heavy atom. The van der Waals surface area contributed by atoms with Gasteiger partial charge in [-0.2, -0.15) is 0 Å². The smallest absolute Gasteiger partial charge is 0.254 e. The number of morpholine rings is 1. The fraction of sp³-hybridized carbons (Fsp3) is 0.500. The van der Waals surface area contributed by atoms with Gasteiger partial charge in [-0.1, -0.05) is 18.2 Å². The summed E-state index contributed by atoms with van der Waals surface area (Å²) in [5, 5.41) is 2.87. The molecular weight excluding hydrogens is 571 g/mol. The lowest BCUT2D eigenvalue weighted by atomic mass is 9.92. The number of halogens is 1. The summed E-state index contributed by atoms with van der Waals surface area (Å²) in [5.74, 6) is -1.06. The zero-order valence-corrected chi connectivity index (χ0v) is 26.9. The van der Waals surface area contributed by atoms with Crippen LogP contribution in [0.5, 0.6) is 0 Å². The number of aryl methyl sites for hydroxylation is 3. The Morgan fingerprint density at radius 3 is 2.49 bits per heavy atom. The van der Waals surface area contributed by atoms with Crippen LogP contribution in [0.2, 0.25) is 0 Å². The normalized spacial score (nSPS) is 19.0. The highest BCUT2D eigenvalue weighted by Crippen LogP contribution is 2.41. The van der Waals surface area contributed by atoms with Gasteiger partial charge in [0.2, 0.25) is 0 Å². The maximum atomic E-state index is 16.7. The molecule has 9 heteroatoms. The van der Waals surface area contributed by atoms with Crippen molar-refractivity contribution in [3.63, 3.8) is 0 Å². The Balaban J connectivity index is 1.39. The van der Waals surface area contributed by atoms with E-state index in [0.29, 0.717) is 35.9 Å². The molecule has 2 aliphatic heterocycles. The molecule has 0 radical (unpaired) electrons. The van der Waals surface area contributed by atoms with Crippen LogP contribution in [0.1, 0.15) is 76.1 Å². The third-order valence-corrected chi connectivity index (χ3v) is 9.91. The number of amides is 1. The molecule has 1 aromatic heterocycles. The standard InChI is InChI=1S/C36H45FN4O4/c1-5-41(27-10-14-44-15-11-27)32-20-29(26-6-8-28-25(19-26)7-9-31(28)40-12-16-45-17-13-40)34(37)33(24(32)4)36(43)38-21-30-22(2)18-23(3)39-35(30)42/h6,8,18-20,27,31H,5,7,9-17,21H2,1-4H3,(H,38,43)(H,39,42). The van der Waals surface area contributed by atoms with Crippen molar-refractivity contribution in [2.75, 3.05) is 51.0 Å². The van der Waals surface area contributed by atoms with Gasteiger partial charge in [0.25, 0.3) is 11.5 Å². The van der Waals surface area contributed by atoms with Crippen LogP contribution in [0, 0.1) is 26.6 Å². The number of benzene rings is 2. The van der Waals surface area contributed by atoms with E-state index in [2.05, 4.69) is 39.2 Å². The monoisotopic (exact) mass is 616 g/mol. The number of hydrogen-bond acceptors (Lipinski definition) is 6. The lowest BCUT2D eigenvalue weighted by Crippen LogP contribution is -2.40. The van der Waals surface area contributed by atoms with Gasteiger partial charge >= 0.3 is 0 Å². The van der Waals surface area contributed by atoms with Gasteiger partial charge in [0, 0.05) is 74.0 Å². The number of aromatic amines is 1. The molecule has 45 heavy (non-hydrogen) atoms. The summed E-state index contributed by atoms with van der Waals surface area (Å²) < 4.78 is 27.9. The topological polar surface area (TPSA) is 86.9 Å². The van der Waals surface area contributed by atoms with Gasteiger partial charge in [-0.3, -0.25) is 14.5 Å². The number of nitrogens with one attached hydrogen (secondary N) is 2. The number of pyridine rings is 1. The van der Waals surface area contributed by atoms with Crippen LogP contribution >= 0.6 is 0 Å². The highest BCUT2D eigenvalue weighted by molar-refractivity contribution is 5.99. The van der Waals surface area contributed by atoms with E-state index in [0.717, 1.165) is 81.0 Å². The van der Waals surface area contributed by atoms with Gasteiger partial charge in [-0.25, -0.2) is 4.39 Å². The van der Waals surface area contributed by atoms with Gasteiger partial charge < -0.3 is 24.7 Å². The third-order valence-electron chi connectivity index (χ3n) is 9.91. The summed E-state index contributed by atoms with van der Waals surface area (Å²) in [6.45, 7) is 13.1. The maximum absolute atomic E-state index is 16.7. The summed E-state index contributed by atoms with van der Waals surface area (Å²) in [5.41, 5.74) is 7.00. The summed E-state index contributed by atoms with van der Waals surface area (Å²) in [4.78, 5) is 34.1. The van der Waals surface area contributed by atoms with Gasteiger partial charge in [0.05, 0.1) is 18.8 Å². The Bertz CT molecular complexity index is 1620. The van der Waals surface area contributed by atoms with E-state index in [-0.39, 0.29) is 23.7 Å². The fourth-order valence-corrected chi connectivity index (χ4v) is 7.53. The van der Waals surface area contributed by atoms with Crippen molar-refractivity contribution in [3.8, 4) is 11.1 Å². The molecule has 1 aliphatic carbocycles. The van der Waals surface area contributed by atoms with Crippen LogP contribution in [0.25, 0.3) is 11.1 Å². The second-order valence-corrected chi connectivity index (χ2v) is 12.6. The largest absolute Gasteiger partial charge is 0.381 e. The van der Waals surface area contributed by atoms with Gasteiger partial charge in [0.15, 0.2) is 0 Å². The van der Waals surface area contributed by atoms with E-state index in [9.17, 15) is 9.59 Å². The predicted molar refractivity (Wildman–Crippen MR) is 175 cm³/mol. The molecule has 1 amide bonds. The highest BCUT2D eigenvalue weighted by atomic mass is 19.1. The first-order valence-electron chi connectivity index (χ1n) is 16.4. The summed E-state index contributed by atoms with van der Waals surface area (Å²) in [6, 6.07) is 10.7. The molecule has 240 valence electrons. The van der Waals surface area contributed by atoms with Crippen molar-refractivity contribution in [2.45, 2.75) is 72.0 Å². The predicted octanol–water partition coefficient (Wildman–Crippen LogP) is 5.36. The second-order valence-electron chi connectivity index (χ2n) is 12.6. The maximum Gasteiger partial charge on any atom is 0.254 e. The van der Waals surface area contributed by atoms with E-state index in [4.69, 9.17) is 9.47 Å². The fourth-order valence-electron chi connectivity index (χ4n) is 7.53. The van der Waals surface area contributed by atoms with E-state index < -0.39 is 11.7 Å². The molecule has 2 N–H and O–H groups in total. The first-order chi connectivity index (χ1) is 21.8. The molecule has 2 aromatic carbocycles. The van der Waals surface area contributed by atoms with E-state index >= 15 is 4.39 Å².